The molecule has 0 radical (unpaired) electrons. The van der Waals surface area contributed by atoms with Crippen molar-refractivity contribution < 1.29 is 8.78 Å². The topological polar surface area (TPSA) is 44.9 Å². The van der Waals surface area contributed by atoms with Crippen LogP contribution in [0.25, 0.3) is 5.69 Å². The average molecular weight is 290 g/mol. The van der Waals surface area contributed by atoms with Gasteiger partial charge in [0, 0.05) is 12.1 Å². The predicted octanol–water partition coefficient (Wildman–Crippen LogP) is 3.05. The number of aromatic nitrogens is 2. The lowest BCUT2D eigenvalue weighted by Gasteiger charge is -2.15. The molecule has 0 N–H and O–H groups in total. The number of alkyl halides is 2. The van der Waals surface area contributed by atoms with E-state index < -0.39 is 6.43 Å². The minimum Gasteiger partial charge on any atom is -0.304 e. The standard InChI is InChI=1S/C15H16F2N4/c1-10-14(8-20(2)3)21(9-19-10)13-5-4-11(15(16)17)6-12(13)7-18/h4-6,9,15H,8H2,1-3H3. The van der Waals surface area contributed by atoms with Crippen LogP contribution in [0.4, 0.5) is 8.78 Å². The summed E-state index contributed by atoms with van der Waals surface area (Å²) in [6.07, 6.45) is -0.969. The summed E-state index contributed by atoms with van der Waals surface area (Å²) in [6, 6.07) is 6.10. The van der Waals surface area contributed by atoms with Gasteiger partial charge in [-0.05, 0) is 33.2 Å². The van der Waals surface area contributed by atoms with Gasteiger partial charge in [0.2, 0.25) is 0 Å². The van der Waals surface area contributed by atoms with Gasteiger partial charge >= 0.3 is 0 Å². The van der Waals surface area contributed by atoms with Gasteiger partial charge in [-0.2, -0.15) is 5.26 Å². The number of benzene rings is 1. The molecule has 6 heteroatoms. The third-order valence-corrected chi connectivity index (χ3v) is 3.19. The van der Waals surface area contributed by atoms with Gasteiger partial charge in [-0.15, -0.1) is 0 Å². The molecule has 0 aliphatic rings. The number of aryl methyl sites for hydroxylation is 1. The summed E-state index contributed by atoms with van der Waals surface area (Å²) in [5.41, 5.74) is 2.41. The number of rotatable bonds is 4. The molecule has 0 atom stereocenters. The Morgan fingerprint density at radius 2 is 2.10 bits per heavy atom. The normalized spacial score (nSPS) is 11.1. The van der Waals surface area contributed by atoms with Crippen molar-refractivity contribution in [2.75, 3.05) is 14.1 Å². The predicted molar refractivity (Wildman–Crippen MR) is 75.4 cm³/mol. The summed E-state index contributed by atoms with van der Waals surface area (Å²) in [5.74, 6) is 0. The van der Waals surface area contributed by atoms with Crippen molar-refractivity contribution in [3.8, 4) is 11.8 Å². The van der Waals surface area contributed by atoms with E-state index in [0.29, 0.717) is 12.2 Å². The lowest BCUT2D eigenvalue weighted by molar-refractivity contribution is 0.151. The highest BCUT2D eigenvalue weighted by Crippen LogP contribution is 2.25. The van der Waals surface area contributed by atoms with Crippen molar-refractivity contribution in [3.63, 3.8) is 0 Å². The highest BCUT2D eigenvalue weighted by atomic mass is 19.3. The van der Waals surface area contributed by atoms with E-state index in [2.05, 4.69) is 4.98 Å². The van der Waals surface area contributed by atoms with E-state index in [9.17, 15) is 14.0 Å². The average Bonchev–Trinajstić information content (AvgIpc) is 2.78. The third kappa shape index (κ3) is 3.09. The maximum atomic E-state index is 12.7. The van der Waals surface area contributed by atoms with E-state index in [0.717, 1.165) is 11.4 Å². The van der Waals surface area contributed by atoms with Crippen LogP contribution in [0.5, 0.6) is 0 Å². The summed E-state index contributed by atoms with van der Waals surface area (Å²) in [5, 5.41) is 9.23. The molecule has 2 rings (SSSR count). The first-order valence-electron chi connectivity index (χ1n) is 6.44. The molecule has 0 unspecified atom stereocenters. The lowest BCUT2D eigenvalue weighted by atomic mass is 10.1. The molecule has 0 bridgehead atoms. The van der Waals surface area contributed by atoms with Crippen molar-refractivity contribution in [3.05, 3.63) is 47.0 Å². The first kappa shape index (κ1) is 15.1. The van der Waals surface area contributed by atoms with E-state index in [1.165, 1.54) is 12.1 Å². The highest BCUT2D eigenvalue weighted by molar-refractivity contribution is 5.52. The number of nitrogens with zero attached hydrogens (tertiary/aromatic N) is 4. The molecule has 0 aliphatic carbocycles. The Labute approximate surface area is 122 Å². The molecule has 2 aromatic rings. The van der Waals surface area contributed by atoms with Crippen LogP contribution in [0, 0.1) is 18.3 Å². The Morgan fingerprint density at radius 3 is 2.67 bits per heavy atom. The number of halogens is 2. The minimum absolute atomic E-state index is 0.152. The maximum absolute atomic E-state index is 12.7. The Bertz CT molecular complexity index is 683. The zero-order chi connectivity index (χ0) is 15.6. The van der Waals surface area contributed by atoms with Crippen molar-refractivity contribution >= 4 is 0 Å². The van der Waals surface area contributed by atoms with Crippen molar-refractivity contribution in [1.29, 1.82) is 5.26 Å². The molecule has 4 nitrogen and oxygen atoms in total. The largest absolute Gasteiger partial charge is 0.304 e. The Balaban J connectivity index is 2.55. The number of hydrogen-bond donors (Lipinski definition) is 0. The Kier molecular flexibility index (Phi) is 4.34. The Morgan fingerprint density at radius 1 is 1.38 bits per heavy atom. The van der Waals surface area contributed by atoms with Crippen LogP contribution in [0.1, 0.15) is 28.9 Å². The van der Waals surface area contributed by atoms with Crippen molar-refractivity contribution in [2.24, 2.45) is 0 Å². The molecular formula is C15H16F2N4. The SMILES string of the molecule is Cc1ncn(-c2ccc(C(F)F)cc2C#N)c1CN(C)C. The van der Waals surface area contributed by atoms with Gasteiger partial charge in [-0.3, -0.25) is 0 Å². The second-order valence-corrected chi connectivity index (χ2v) is 5.07. The third-order valence-electron chi connectivity index (χ3n) is 3.19. The highest BCUT2D eigenvalue weighted by Gasteiger charge is 2.15. The first-order chi connectivity index (χ1) is 9.93. The fourth-order valence-corrected chi connectivity index (χ4v) is 2.15. The maximum Gasteiger partial charge on any atom is 0.263 e. The molecule has 1 aromatic heterocycles. The van der Waals surface area contributed by atoms with Gasteiger partial charge in [0.25, 0.3) is 6.43 Å². The fourth-order valence-electron chi connectivity index (χ4n) is 2.15. The smallest absolute Gasteiger partial charge is 0.263 e. The van der Waals surface area contributed by atoms with Crippen LogP contribution in [-0.4, -0.2) is 28.5 Å². The summed E-state index contributed by atoms with van der Waals surface area (Å²) < 4.78 is 27.3. The monoisotopic (exact) mass is 290 g/mol. The lowest BCUT2D eigenvalue weighted by Crippen LogP contribution is -2.15. The molecule has 0 amide bonds. The van der Waals surface area contributed by atoms with Gasteiger partial charge in [-0.25, -0.2) is 13.8 Å². The van der Waals surface area contributed by atoms with E-state index in [1.54, 1.807) is 17.0 Å². The molecule has 0 spiro atoms. The number of imidazole rings is 1. The molecule has 1 heterocycles. The van der Waals surface area contributed by atoms with Crippen LogP contribution in [0.15, 0.2) is 24.5 Å². The molecule has 21 heavy (non-hydrogen) atoms. The summed E-state index contributed by atoms with van der Waals surface area (Å²) >= 11 is 0. The zero-order valence-corrected chi connectivity index (χ0v) is 12.1. The molecule has 0 saturated heterocycles. The first-order valence-corrected chi connectivity index (χ1v) is 6.44. The molecule has 110 valence electrons. The molecule has 0 aliphatic heterocycles. The minimum atomic E-state index is -2.59. The van der Waals surface area contributed by atoms with E-state index in [-0.39, 0.29) is 11.1 Å². The summed E-state index contributed by atoms with van der Waals surface area (Å²) in [7, 11) is 3.86. The second-order valence-electron chi connectivity index (χ2n) is 5.07. The molecular weight excluding hydrogens is 274 g/mol. The number of hydrogen-bond acceptors (Lipinski definition) is 3. The van der Waals surface area contributed by atoms with E-state index >= 15 is 0 Å². The van der Waals surface area contributed by atoms with E-state index in [1.807, 2.05) is 32.0 Å². The van der Waals surface area contributed by atoms with Crippen molar-refractivity contribution in [2.45, 2.75) is 19.9 Å². The van der Waals surface area contributed by atoms with Gasteiger partial charge in [0.15, 0.2) is 0 Å². The van der Waals surface area contributed by atoms with Crippen molar-refractivity contribution in [1.82, 2.24) is 14.5 Å². The van der Waals surface area contributed by atoms with Crippen LogP contribution >= 0.6 is 0 Å². The quantitative estimate of drug-likeness (QED) is 0.869. The van der Waals surface area contributed by atoms with Crippen LogP contribution in [0.2, 0.25) is 0 Å². The zero-order valence-electron chi connectivity index (χ0n) is 12.1. The van der Waals surface area contributed by atoms with Crippen LogP contribution in [0.3, 0.4) is 0 Å². The summed E-state index contributed by atoms with van der Waals surface area (Å²) in [4.78, 5) is 6.24. The van der Waals surface area contributed by atoms with Crippen LogP contribution < -0.4 is 0 Å². The molecule has 0 saturated carbocycles. The van der Waals surface area contributed by atoms with Gasteiger partial charge < -0.3 is 9.47 Å². The number of nitriles is 1. The fraction of sp³-hybridized carbons (Fsp3) is 0.333. The van der Waals surface area contributed by atoms with E-state index in [4.69, 9.17) is 0 Å². The Hall–Kier alpha value is -2.26. The van der Waals surface area contributed by atoms with Gasteiger partial charge in [-0.1, -0.05) is 6.07 Å². The molecule has 1 aromatic carbocycles. The second kappa shape index (κ2) is 6.02. The van der Waals surface area contributed by atoms with Gasteiger partial charge in [0.1, 0.15) is 6.07 Å². The van der Waals surface area contributed by atoms with Gasteiger partial charge in [0.05, 0.1) is 29.0 Å². The van der Waals surface area contributed by atoms with Crippen LogP contribution in [-0.2, 0) is 6.54 Å². The summed E-state index contributed by atoms with van der Waals surface area (Å²) in [6.45, 7) is 2.53. The molecule has 0 fully saturated rings.